The first kappa shape index (κ1) is 19.4. The van der Waals surface area contributed by atoms with Gasteiger partial charge in [-0.15, -0.1) is 0 Å². The predicted octanol–water partition coefficient (Wildman–Crippen LogP) is 2.17. The number of ether oxygens (including phenoxy) is 2. The number of carbonyl (C=O) groups is 2. The molecule has 0 bridgehead atoms. The topological polar surface area (TPSA) is 80.2 Å². The van der Waals surface area contributed by atoms with Gasteiger partial charge in [-0.1, -0.05) is 36.4 Å². The number of likely N-dealkylation sites (tertiary alicyclic amines) is 1. The Labute approximate surface area is 163 Å². The van der Waals surface area contributed by atoms with Crippen molar-refractivity contribution in [3.05, 3.63) is 59.7 Å². The van der Waals surface area contributed by atoms with Gasteiger partial charge in [0.25, 0.3) is 5.91 Å². The first-order valence-corrected chi connectivity index (χ1v) is 8.98. The summed E-state index contributed by atoms with van der Waals surface area (Å²) >= 11 is 0. The Kier molecular flexibility index (Phi) is 6.26. The molecule has 1 fully saturated rings. The molecule has 2 aromatic carbocycles. The Balaban J connectivity index is 1.56. The molecule has 7 nitrogen and oxygen atoms in total. The van der Waals surface area contributed by atoms with Crippen LogP contribution in [0.15, 0.2) is 53.6 Å². The molecule has 1 unspecified atom stereocenters. The van der Waals surface area contributed by atoms with Gasteiger partial charge in [0.1, 0.15) is 6.54 Å². The van der Waals surface area contributed by atoms with Crippen LogP contribution in [-0.2, 0) is 9.59 Å². The highest BCUT2D eigenvalue weighted by Crippen LogP contribution is 2.29. The van der Waals surface area contributed by atoms with Crippen molar-refractivity contribution in [1.82, 2.24) is 10.3 Å². The van der Waals surface area contributed by atoms with E-state index in [9.17, 15) is 9.59 Å². The minimum Gasteiger partial charge on any atom is -0.493 e. The number of carbonyl (C=O) groups excluding carboxylic acids is 2. The molecule has 0 spiro atoms. The summed E-state index contributed by atoms with van der Waals surface area (Å²) in [6.45, 7) is 0.512. The quantitative estimate of drug-likeness (QED) is 0.589. The van der Waals surface area contributed by atoms with Crippen LogP contribution in [0.2, 0.25) is 0 Å². The molecule has 1 heterocycles. The lowest BCUT2D eigenvalue weighted by Gasteiger charge is -2.15. The maximum atomic E-state index is 12.2. The van der Waals surface area contributed by atoms with Crippen molar-refractivity contribution in [3.8, 4) is 11.5 Å². The van der Waals surface area contributed by atoms with Crippen molar-refractivity contribution < 1.29 is 19.1 Å². The van der Waals surface area contributed by atoms with E-state index < -0.39 is 0 Å². The Morgan fingerprint density at radius 1 is 1.18 bits per heavy atom. The van der Waals surface area contributed by atoms with Gasteiger partial charge in [-0.25, -0.2) is 5.43 Å². The molecule has 28 heavy (non-hydrogen) atoms. The van der Waals surface area contributed by atoms with Crippen molar-refractivity contribution in [2.45, 2.75) is 12.3 Å². The molecule has 0 radical (unpaired) electrons. The summed E-state index contributed by atoms with van der Waals surface area (Å²) in [6, 6.07) is 15.2. The van der Waals surface area contributed by atoms with Crippen molar-refractivity contribution in [3.63, 3.8) is 0 Å². The fourth-order valence-corrected chi connectivity index (χ4v) is 3.27. The molecule has 146 valence electrons. The molecule has 1 aliphatic heterocycles. The van der Waals surface area contributed by atoms with Crippen LogP contribution in [0, 0.1) is 0 Å². The summed E-state index contributed by atoms with van der Waals surface area (Å²) in [5, 5.41) is 3.97. The number of nitrogens with zero attached hydrogens (tertiary/aromatic N) is 2. The highest BCUT2D eigenvalue weighted by molar-refractivity contribution is 5.89. The molecule has 3 rings (SSSR count). The van der Waals surface area contributed by atoms with Crippen LogP contribution in [-0.4, -0.2) is 50.2 Å². The molecule has 1 aliphatic rings. The third kappa shape index (κ3) is 4.49. The summed E-state index contributed by atoms with van der Waals surface area (Å²) < 4.78 is 10.6. The molecular weight excluding hydrogens is 358 g/mol. The van der Waals surface area contributed by atoms with Gasteiger partial charge in [0.2, 0.25) is 5.91 Å². The number of rotatable bonds is 7. The predicted molar refractivity (Wildman–Crippen MR) is 106 cm³/mol. The smallest absolute Gasteiger partial charge is 0.259 e. The molecule has 2 amide bonds. The second-order valence-corrected chi connectivity index (χ2v) is 6.46. The fraction of sp³-hybridized carbons (Fsp3) is 0.286. The minimum absolute atomic E-state index is 0.0191. The molecule has 0 aliphatic carbocycles. The van der Waals surface area contributed by atoms with Crippen molar-refractivity contribution in [1.29, 1.82) is 0 Å². The van der Waals surface area contributed by atoms with Gasteiger partial charge in [-0.2, -0.15) is 5.10 Å². The van der Waals surface area contributed by atoms with Crippen LogP contribution in [0.4, 0.5) is 0 Å². The van der Waals surface area contributed by atoms with Gasteiger partial charge < -0.3 is 14.4 Å². The van der Waals surface area contributed by atoms with E-state index in [4.69, 9.17) is 9.47 Å². The lowest BCUT2D eigenvalue weighted by Crippen LogP contribution is -2.36. The summed E-state index contributed by atoms with van der Waals surface area (Å²) in [6.07, 6.45) is 1.90. The van der Waals surface area contributed by atoms with Crippen LogP contribution in [0.3, 0.4) is 0 Å². The fourth-order valence-electron chi connectivity index (χ4n) is 3.27. The van der Waals surface area contributed by atoms with Gasteiger partial charge in [-0.3, -0.25) is 9.59 Å². The third-order valence-corrected chi connectivity index (χ3v) is 4.65. The first-order valence-electron chi connectivity index (χ1n) is 8.98. The van der Waals surface area contributed by atoms with E-state index in [1.807, 2.05) is 30.3 Å². The zero-order valence-corrected chi connectivity index (χ0v) is 15.9. The molecular formula is C21H23N3O4. The maximum absolute atomic E-state index is 12.2. The Bertz CT molecular complexity index is 867. The van der Waals surface area contributed by atoms with E-state index in [2.05, 4.69) is 10.5 Å². The lowest BCUT2D eigenvalue weighted by atomic mass is 9.99. The Morgan fingerprint density at radius 2 is 1.96 bits per heavy atom. The number of nitrogens with one attached hydrogen (secondary N) is 1. The van der Waals surface area contributed by atoms with Gasteiger partial charge >= 0.3 is 0 Å². The third-order valence-electron chi connectivity index (χ3n) is 4.65. The van der Waals surface area contributed by atoms with E-state index >= 15 is 0 Å². The summed E-state index contributed by atoms with van der Waals surface area (Å²) in [5.41, 5.74) is 4.25. The highest BCUT2D eigenvalue weighted by Gasteiger charge is 2.31. The maximum Gasteiger partial charge on any atom is 0.259 e. The Hall–Kier alpha value is -3.35. The summed E-state index contributed by atoms with van der Waals surface area (Å²) in [7, 11) is 3.09. The number of hydrazone groups is 1. The van der Waals surface area contributed by atoms with E-state index in [1.54, 1.807) is 30.2 Å². The van der Waals surface area contributed by atoms with Gasteiger partial charge in [0, 0.05) is 24.4 Å². The average molecular weight is 381 g/mol. The largest absolute Gasteiger partial charge is 0.493 e. The van der Waals surface area contributed by atoms with Crippen LogP contribution >= 0.6 is 0 Å². The second-order valence-electron chi connectivity index (χ2n) is 6.46. The average Bonchev–Trinajstić information content (AvgIpc) is 3.08. The molecule has 2 aromatic rings. The van der Waals surface area contributed by atoms with Crippen molar-refractivity contribution >= 4 is 18.0 Å². The summed E-state index contributed by atoms with van der Waals surface area (Å²) in [4.78, 5) is 26.0. The van der Waals surface area contributed by atoms with Crippen molar-refractivity contribution in [2.24, 2.45) is 5.10 Å². The molecule has 1 saturated heterocycles. The zero-order valence-electron chi connectivity index (χ0n) is 15.9. The highest BCUT2D eigenvalue weighted by atomic mass is 16.5. The number of benzene rings is 2. The van der Waals surface area contributed by atoms with E-state index in [0.717, 1.165) is 5.56 Å². The number of methoxy groups -OCH3 is 2. The van der Waals surface area contributed by atoms with Crippen LogP contribution < -0.4 is 14.9 Å². The summed E-state index contributed by atoms with van der Waals surface area (Å²) in [5.74, 6) is 0.851. The number of hydrogen-bond donors (Lipinski definition) is 1. The van der Waals surface area contributed by atoms with E-state index in [-0.39, 0.29) is 24.3 Å². The van der Waals surface area contributed by atoms with Crippen LogP contribution in [0.1, 0.15) is 23.5 Å². The standard InChI is InChI=1S/C21H23N3O4/c1-27-18-10-6-9-16(21(18)28-2)12-22-23-19(25)14-24-13-17(11-20(24)26)15-7-4-3-5-8-15/h3-10,12,17H,11,13-14H2,1-2H3,(H,23,25)/b22-12+. The number of amides is 2. The minimum atomic E-state index is -0.347. The molecule has 1 N–H and O–H groups in total. The van der Waals surface area contributed by atoms with Gasteiger partial charge in [0.15, 0.2) is 11.5 Å². The van der Waals surface area contributed by atoms with Crippen LogP contribution in [0.25, 0.3) is 0 Å². The van der Waals surface area contributed by atoms with Crippen LogP contribution in [0.5, 0.6) is 11.5 Å². The molecule has 7 heteroatoms. The monoisotopic (exact) mass is 381 g/mol. The van der Waals surface area contributed by atoms with Crippen molar-refractivity contribution in [2.75, 3.05) is 27.3 Å². The normalized spacial score (nSPS) is 16.4. The lowest BCUT2D eigenvalue weighted by molar-refractivity contribution is -0.133. The zero-order chi connectivity index (χ0) is 19.9. The first-order chi connectivity index (χ1) is 13.6. The molecule has 0 aromatic heterocycles. The Morgan fingerprint density at radius 3 is 2.68 bits per heavy atom. The molecule has 1 atom stereocenters. The van der Waals surface area contributed by atoms with E-state index in [0.29, 0.717) is 30.0 Å². The van der Waals surface area contributed by atoms with E-state index in [1.165, 1.54) is 13.3 Å². The number of para-hydroxylation sites is 1. The second kappa shape index (κ2) is 9.03. The van der Waals surface area contributed by atoms with Gasteiger partial charge in [-0.05, 0) is 17.7 Å². The number of hydrogen-bond acceptors (Lipinski definition) is 5. The SMILES string of the molecule is COc1cccc(/C=N/NC(=O)CN2CC(c3ccccc3)CC2=O)c1OC. The molecule has 0 saturated carbocycles. The van der Waals surface area contributed by atoms with Gasteiger partial charge in [0.05, 0.1) is 20.4 Å².